The molecule has 2 rings (SSSR count). The molecule has 0 bridgehead atoms. The van der Waals surface area contributed by atoms with Crippen LogP contribution in [-0.4, -0.2) is 10.2 Å². The number of thioether (sulfide) groups is 1. The van der Waals surface area contributed by atoms with Gasteiger partial charge in [0, 0.05) is 11.3 Å². The van der Waals surface area contributed by atoms with Gasteiger partial charge < -0.3 is 5.11 Å². The second-order valence-electron chi connectivity index (χ2n) is 2.44. The SMILES string of the molecule is O=C1Cc2ccc(O)cc2S1. The molecule has 1 aromatic carbocycles. The van der Waals surface area contributed by atoms with Crippen molar-refractivity contribution in [2.24, 2.45) is 0 Å². The van der Waals surface area contributed by atoms with Gasteiger partial charge in [0.05, 0.1) is 0 Å². The molecule has 1 heterocycles. The minimum atomic E-state index is 0.158. The molecule has 0 amide bonds. The summed E-state index contributed by atoms with van der Waals surface area (Å²) in [5.41, 5.74) is 1.03. The summed E-state index contributed by atoms with van der Waals surface area (Å²) in [6.07, 6.45) is 0.500. The Morgan fingerprint density at radius 2 is 2.27 bits per heavy atom. The summed E-state index contributed by atoms with van der Waals surface area (Å²) in [6, 6.07) is 5.03. The van der Waals surface area contributed by atoms with Gasteiger partial charge in [0.1, 0.15) is 5.75 Å². The Bertz CT molecular complexity index is 320. The molecule has 0 fully saturated rings. The Labute approximate surface area is 68.2 Å². The summed E-state index contributed by atoms with van der Waals surface area (Å²) in [4.78, 5) is 11.8. The maximum atomic E-state index is 10.9. The van der Waals surface area contributed by atoms with Crippen LogP contribution in [0.4, 0.5) is 0 Å². The van der Waals surface area contributed by atoms with Crippen molar-refractivity contribution in [2.75, 3.05) is 0 Å². The number of carbonyl (C=O) groups excluding carboxylic acids is 1. The lowest BCUT2D eigenvalue weighted by molar-refractivity contribution is -0.110. The molecule has 11 heavy (non-hydrogen) atoms. The summed E-state index contributed by atoms with van der Waals surface area (Å²) in [5, 5.41) is 9.22. The molecule has 3 heteroatoms. The van der Waals surface area contributed by atoms with E-state index in [1.165, 1.54) is 11.8 Å². The van der Waals surface area contributed by atoms with E-state index in [0.29, 0.717) is 6.42 Å². The number of rotatable bonds is 0. The summed E-state index contributed by atoms with van der Waals surface area (Å²) < 4.78 is 0. The molecule has 1 aromatic rings. The lowest BCUT2D eigenvalue weighted by atomic mass is 10.2. The zero-order valence-corrected chi connectivity index (χ0v) is 6.52. The standard InChI is InChI=1S/C8H6O2S/c9-6-2-1-5-3-8(10)11-7(5)4-6/h1-2,4,9H,3H2. The predicted molar refractivity (Wildman–Crippen MR) is 42.7 cm³/mol. The van der Waals surface area contributed by atoms with Gasteiger partial charge in [0.2, 0.25) is 0 Å². The predicted octanol–water partition coefficient (Wildman–Crippen LogP) is 1.57. The fourth-order valence-corrected chi connectivity index (χ4v) is 2.02. The number of phenolic OH excluding ortho intramolecular Hbond substituents is 1. The van der Waals surface area contributed by atoms with E-state index in [1.54, 1.807) is 18.2 Å². The van der Waals surface area contributed by atoms with Crippen LogP contribution in [0.3, 0.4) is 0 Å². The van der Waals surface area contributed by atoms with Crippen LogP contribution in [0.1, 0.15) is 5.56 Å². The van der Waals surface area contributed by atoms with E-state index in [-0.39, 0.29) is 10.9 Å². The second-order valence-corrected chi connectivity index (χ2v) is 3.54. The summed E-state index contributed by atoms with van der Waals surface area (Å²) in [6.45, 7) is 0. The average molecular weight is 166 g/mol. The maximum Gasteiger partial charge on any atom is 0.198 e. The van der Waals surface area contributed by atoms with Crippen LogP contribution in [0.25, 0.3) is 0 Å². The Morgan fingerprint density at radius 1 is 1.45 bits per heavy atom. The van der Waals surface area contributed by atoms with Crippen molar-refractivity contribution < 1.29 is 9.90 Å². The topological polar surface area (TPSA) is 37.3 Å². The number of fused-ring (bicyclic) bond motifs is 1. The fraction of sp³-hybridized carbons (Fsp3) is 0.125. The molecule has 1 aliphatic heterocycles. The molecular formula is C8H6O2S. The first kappa shape index (κ1) is 6.73. The third-order valence-corrected chi connectivity index (χ3v) is 2.58. The lowest BCUT2D eigenvalue weighted by Crippen LogP contribution is -1.85. The van der Waals surface area contributed by atoms with Crippen LogP contribution < -0.4 is 0 Å². The van der Waals surface area contributed by atoms with Crippen molar-refractivity contribution in [1.82, 2.24) is 0 Å². The highest BCUT2D eigenvalue weighted by Gasteiger charge is 2.18. The van der Waals surface area contributed by atoms with Crippen molar-refractivity contribution in [2.45, 2.75) is 11.3 Å². The Morgan fingerprint density at radius 3 is 3.09 bits per heavy atom. The van der Waals surface area contributed by atoms with E-state index in [0.717, 1.165) is 10.5 Å². The summed E-state index contributed by atoms with van der Waals surface area (Å²) in [5.74, 6) is 0.228. The van der Waals surface area contributed by atoms with Crippen molar-refractivity contribution in [3.8, 4) is 5.75 Å². The van der Waals surface area contributed by atoms with Gasteiger partial charge in [-0.3, -0.25) is 4.79 Å². The number of hydrogen-bond acceptors (Lipinski definition) is 3. The van der Waals surface area contributed by atoms with Crippen LogP contribution in [0.5, 0.6) is 5.75 Å². The zero-order chi connectivity index (χ0) is 7.84. The van der Waals surface area contributed by atoms with Gasteiger partial charge in [0.15, 0.2) is 5.12 Å². The van der Waals surface area contributed by atoms with Crippen LogP contribution in [0.15, 0.2) is 23.1 Å². The molecule has 0 unspecified atom stereocenters. The molecule has 1 N–H and O–H groups in total. The zero-order valence-electron chi connectivity index (χ0n) is 5.70. The third kappa shape index (κ3) is 1.12. The maximum absolute atomic E-state index is 10.9. The fourth-order valence-electron chi connectivity index (χ4n) is 1.10. The van der Waals surface area contributed by atoms with Crippen molar-refractivity contribution in [1.29, 1.82) is 0 Å². The molecular weight excluding hydrogens is 160 g/mol. The number of benzene rings is 1. The van der Waals surface area contributed by atoms with E-state index >= 15 is 0 Å². The Balaban J connectivity index is 2.51. The van der Waals surface area contributed by atoms with Gasteiger partial charge in [-0.2, -0.15) is 0 Å². The van der Waals surface area contributed by atoms with Gasteiger partial charge >= 0.3 is 0 Å². The van der Waals surface area contributed by atoms with Gasteiger partial charge in [-0.15, -0.1) is 0 Å². The Kier molecular flexibility index (Phi) is 1.39. The summed E-state index contributed by atoms with van der Waals surface area (Å²) in [7, 11) is 0. The van der Waals surface area contributed by atoms with Gasteiger partial charge in [-0.25, -0.2) is 0 Å². The average Bonchev–Trinajstić information content (AvgIpc) is 2.27. The van der Waals surface area contributed by atoms with Crippen LogP contribution in [0, 0.1) is 0 Å². The normalized spacial score (nSPS) is 15.1. The highest BCUT2D eigenvalue weighted by atomic mass is 32.2. The number of carbonyl (C=O) groups is 1. The highest BCUT2D eigenvalue weighted by molar-refractivity contribution is 8.14. The quantitative estimate of drug-likeness (QED) is 0.635. The molecule has 56 valence electrons. The molecule has 0 atom stereocenters. The van der Waals surface area contributed by atoms with E-state index in [2.05, 4.69) is 0 Å². The molecule has 0 spiro atoms. The molecule has 0 aliphatic carbocycles. The second kappa shape index (κ2) is 2.27. The number of phenols is 1. The first-order valence-corrected chi connectivity index (χ1v) is 4.10. The minimum Gasteiger partial charge on any atom is -0.508 e. The molecule has 1 aliphatic rings. The van der Waals surface area contributed by atoms with Crippen molar-refractivity contribution in [3.05, 3.63) is 23.8 Å². The largest absolute Gasteiger partial charge is 0.508 e. The van der Waals surface area contributed by atoms with E-state index < -0.39 is 0 Å². The van der Waals surface area contributed by atoms with E-state index in [9.17, 15) is 4.79 Å². The monoisotopic (exact) mass is 166 g/mol. The van der Waals surface area contributed by atoms with Gasteiger partial charge in [-0.1, -0.05) is 17.8 Å². The Hall–Kier alpha value is -0.960. The van der Waals surface area contributed by atoms with Gasteiger partial charge in [-0.05, 0) is 17.7 Å². The molecule has 0 radical (unpaired) electrons. The smallest absolute Gasteiger partial charge is 0.198 e. The highest BCUT2D eigenvalue weighted by Crippen LogP contribution is 2.34. The van der Waals surface area contributed by atoms with Crippen molar-refractivity contribution in [3.63, 3.8) is 0 Å². The molecule has 0 saturated carbocycles. The van der Waals surface area contributed by atoms with Crippen LogP contribution in [-0.2, 0) is 11.2 Å². The molecule has 0 aromatic heterocycles. The molecule has 2 nitrogen and oxygen atoms in total. The first-order chi connectivity index (χ1) is 5.25. The lowest BCUT2D eigenvalue weighted by Gasteiger charge is -1.95. The number of aromatic hydroxyl groups is 1. The van der Waals surface area contributed by atoms with E-state index in [1.807, 2.05) is 0 Å². The summed E-state index contributed by atoms with van der Waals surface area (Å²) >= 11 is 1.21. The van der Waals surface area contributed by atoms with Gasteiger partial charge in [0.25, 0.3) is 0 Å². The minimum absolute atomic E-state index is 0.158. The number of hydrogen-bond donors (Lipinski definition) is 1. The molecule has 0 saturated heterocycles. The van der Waals surface area contributed by atoms with Crippen LogP contribution in [0.2, 0.25) is 0 Å². The third-order valence-electron chi connectivity index (χ3n) is 1.61. The van der Waals surface area contributed by atoms with Crippen molar-refractivity contribution >= 4 is 16.9 Å². The first-order valence-electron chi connectivity index (χ1n) is 3.28. The van der Waals surface area contributed by atoms with E-state index in [4.69, 9.17) is 5.11 Å². The van der Waals surface area contributed by atoms with Crippen LogP contribution >= 0.6 is 11.8 Å².